The third-order valence-corrected chi connectivity index (χ3v) is 2.19. The molecule has 5 heteroatoms. The van der Waals surface area contributed by atoms with Crippen LogP contribution in [0.15, 0.2) is 18.2 Å². The third-order valence-electron chi connectivity index (χ3n) is 2.19. The number of hydrogen-bond donors (Lipinski definition) is 3. The summed E-state index contributed by atoms with van der Waals surface area (Å²) >= 11 is 0. The van der Waals surface area contributed by atoms with Crippen LogP contribution in [0.2, 0.25) is 0 Å². The topological polar surface area (TPSA) is 82.6 Å². The van der Waals surface area contributed by atoms with Crippen LogP contribution in [-0.2, 0) is 0 Å². The Bertz CT molecular complexity index is 529. The Kier molecular flexibility index (Phi) is 2.00. The molecule has 0 amide bonds. The second-order valence-electron chi connectivity index (χ2n) is 3.07. The van der Waals surface area contributed by atoms with Gasteiger partial charge < -0.3 is 19.9 Å². The summed E-state index contributed by atoms with van der Waals surface area (Å²) in [6.45, 7) is 0. The van der Waals surface area contributed by atoms with Crippen LogP contribution in [0, 0.1) is 0 Å². The third kappa shape index (κ3) is 1.38. The SMILES string of the molecule is COc1ccc2[nH]c(C(=O)O)c(O)c2c1. The molecule has 15 heavy (non-hydrogen) atoms. The van der Waals surface area contributed by atoms with Crippen LogP contribution in [0.3, 0.4) is 0 Å². The highest BCUT2D eigenvalue weighted by Crippen LogP contribution is 2.31. The van der Waals surface area contributed by atoms with Gasteiger partial charge >= 0.3 is 5.97 Å². The predicted octanol–water partition coefficient (Wildman–Crippen LogP) is 1.58. The Hall–Kier alpha value is -2.17. The van der Waals surface area contributed by atoms with E-state index in [-0.39, 0.29) is 11.4 Å². The fourth-order valence-electron chi connectivity index (χ4n) is 1.44. The number of H-pyrrole nitrogens is 1. The standard InChI is InChI=1S/C10H9NO4/c1-15-5-2-3-7-6(4-5)9(12)8(11-7)10(13)14/h2-4,11-12H,1H3,(H,13,14). The highest BCUT2D eigenvalue weighted by molar-refractivity contribution is 6.00. The van der Waals surface area contributed by atoms with Gasteiger partial charge in [-0.05, 0) is 18.2 Å². The number of aromatic carboxylic acids is 1. The van der Waals surface area contributed by atoms with Crippen molar-refractivity contribution in [3.05, 3.63) is 23.9 Å². The first-order valence-electron chi connectivity index (χ1n) is 4.25. The van der Waals surface area contributed by atoms with E-state index in [9.17, 15) is 9.90 Å². The molecule has 0 aliphatic heterocycles. The summed E-state index contributed by atoms with van der Waals surface area (Å²) in [5.41, 5.74) is 0.351. The largest absolute Gasteiger partial charge is 0.505 e. The zero-order valence-corrected chi connectivity index (χ0v) is 7.94. The molecule has 0 atom stereocenters. The summed E-state index contributed by atoms with van der Waals surface area (Å²) in [4.78, 5) is 13.3. The van der Waals surface area contributed by atoms with Gasteiger partial charge in [-0.1, -0.05) is 0 Å². The molecule has 1 heterocycles. The van der Waals surface area contributed by atoms with Crippen LogP contribution in [0.25, 0.3) is 10.9 Å². The number of benzene rings is 1. The molecule has 3 N–H and O–H groups in total. The van der Waals surface area contributed by atoms with Gasteiger partial charge in [0.15, 0.2) is 11.4 Å². The van der Waals surface area contributed by atoms with Crippen LogP contribution < -0.4 is 4.74 Å². The lowest BCUT2D eigenvalue weighted by Gasteiger charge is -1.98. The van der Waals surface area contributed by atoms with Crippen molar-refractivity contribution in [1.82, 2.24) is 4.98 Å². The monoisotopic (exact) mass is 207 g/mol. The number of ether oxygens (including phenoxy) is 1. The average molecular weight is 207 g/mol. The molecule has 0 saturated heterocycles. The van der Waals surface area contributed by atoms with E-state index >= 15 is 0 Å². The van der Waals surface area contributed by atoms with Gasteiger partial charge in [-0.25, -0.2) is 4.79 Å². The number of hydrogen-bond acceptors (Lipinski definition) is 3. The highest BCUT2D eigenvalue weighted by atomic mass is 16.5. The minimum absolute atomic E-state index is 0.210. The van der Waals surface area contributed by atoms with Crippen LogP contribution in [0.5, 0.6) is 11.5 Å². The second-order valence-corrected chi connectivity index (χ2v) is 3.07. The maximum atomic E-state index is 10.7. The molecule has 78 valence electrons. The molecule has 0 aliphatic rings. The molecule has 0 aliphatic carbocycles. The van der Waals surface area contributed by atoms with Crippen molar-refractivity contribution in [2.45, 2.75) is 0 Å². The Morgan fingerprint density at radius 2 is 2.20 bits per heavy atom. The highest BCUT2D eigenvalue weighted by Gasteiger charge is 2.16. The summed E-state index contributed by atoms with van der Waals surface area (Å²) in [6, 6.07) is 4.91. The predicted molar refractivity (Wildman–Crippen MR) is 53.5 cm³/mol. The number of aromatic nitrogens is 1. The molecule has 0 unspecified atom stereocenters. The van der Waals surface area contributed by atoms with Gasteiger partial charge in [0.1, 0.15) is 5.75 Å². The number of carboxylic acid groups (broad SMARTS) is 1. The number of methoxy groups -OCH3 is 1. The minimum atomic E-state index is -1.19. The van der Waals surface area contributed by atoms with E-state index in [1.807, 2.05) is 0 Å². The summed E-state index contributed by atoms with van der Waals surface area (Å²) < 4.78 is 4.97. The number of aromatic hydroxyl groups is 1. The maximum absolute atomic E-state index is 10.7. The molecule has 0 fully saturated rings. The summed E-state index contributed by atoms with van der Waals surface area (Å²) in [7, 11) is 1.50. The Labute approximate surface area is 84.9 Å². The van der Waals surface area contributed by atoms with Crippen molar-refractivity contribution in [2.24, 2.45) is 0 Å². The van der Waals surface area contributed by atoms with Crippen molar-refractivity contribution in [1.29, 1.82) is 0 Å². The van der Waals surface area contributed by atoms with Gasteiger partial charge in [-0.15, -0.1) is 0 Å². The summed E-state index contributed by atoms with van der Waals surface area (Å²) in [5, 5.41) is 18.8. The number of carboxylic acids is 1. The van der Waals surface area contributed by atoms with Gasteiger partial charge in [0.05, 0.1) is 12.6 Å². The fourth-order valence-corrected chi connectivity index (χ4v) is 1.44. The lowest BCUT2D eigenvalue weighted by molar-refractivity contribution is 0.0688. The van der Waals surface area contributed by atoms with Crippen LogP contribution in [-0.4, -0.2) is 28.3 Å². The lowest BCUT2D eigenvalue weighted by atomic mass is 10.2. The van der Waals surface area contributed by atoms with E-state index in [2.05, 4.69) is 4.98 Å². The van der Waals surface area contributed by atoms with Crippen molar-refractivity contribution in [3.63, 3.8) is 0 Å². The number of carbonyl (C=O) groups is 1. The quantitative estimate of drug-likeness (QED) is 0.698. The molecule has 0 bridgehead atoms. The zero-order valence-electron chi connectivity index (χ0n) is 7.94. The van der Waals surface area contributed by atoms with Crippen LogP contribution in [0.1, 0.15) is 10.5 Å². The van der Waals surface area contributed by atoms with Gasteiger partial charge in [0.2, 0.25) is 0 Å². The van der Waals surface area contributed by atoms with E-state index in [1.54, 1.807) is 18.2 Å². The van der Waals surface area contributed by atoms with Crippen molar-refractivity contribution < 1.29 is 19.7 Å². The Morgan fingerprint density at radius 1 is 1.47 bits per heavy atom. The van der Waals surface area contributed by atoms with E-state index in [0.29, 0.717) is 16.7 Å². The fraction of sp³-hybridized carbons (Fsp3) is 0.100. The van der Waals surface area contributed by atoms with E-state index in [1.165, 1.54) is 7.11 Å². The normalized spacial score (nSPS) is 10.5. The number of nitrogens with one attached hydrogen (secondary N) is 1. The van der Waals surface area contributed by atoms with Gasteiger partial charge in [-0.2, -0.15) is 0 Å². The molecular weight excluding hydrogens is 198 g/mol. The molecule has 1 aromatic heterocycles. The summed E-state index contributed by atoms with van der Waals surface area (Å²) in [5.74, 6) is -0.896. The van der Waals surface area contributed by atoms with E-state index in [4.69, 9.17) is 9.84 Å². The molecule has 0 spiro atoms. The van der Waals surface area contributed by atoms with Crippen molar-refractivity contribution in [3.8, 4) is 11.5 Å². The molecule has 5 nitrogen and oxygen atoms in total. The Morgan fingerprint density at radius 3 is 2.80 bits per heavy atom. The smallest absolute Gasteiger partial charge is 0.356 e. The van der Waals surface area contributed by atoms with Gasteiger partial charge in [-0.3, -0.25) is 0 Å². The average Bonchev–Trinajstić information content (AvgIpc) is 2.56. The van der Waals surface area contributed by atoms with E-state index < -0.39 is 5.97 Å². The van der Waals surface area contributed by atoms with Crippen molar-refractivity contribution >= 4 is 16.9 Å². The number of fused-ring (bicyclic) bond motifs is 1. The second kappa shape index (κ2) is 3.20. The van der Waals surface area contributed by atoms with Crippen LogP contribution in [0.4, 0.5) is 0 Å². The first-order valence-corrected chi connectivity index (χ1v) is 4.25. The van der Waals surface area contributed by atoms with Crippen molar-refractivity contribution in [2.75, 3.05) is 7.11 Å². The van der Waals surface area contributed by atoms with Gasteiger partial charge in [0, 0.05) is 5.39 Å². The van der Waals surface area contributed by atoms with Crippen LogP contribution >= 0.6 is 0 Å². The molecule has 0 saturated carbocycles. The molecule has 2 rings (SSSR count). The number of rotatable bonds is 2. The molecule has 2 aromatic rings. The van der Waals surface area contributed by atoms with E-state index in [0.717, 1.165) is 0 Å². The Balaban J connectivity index is 2.72. The molecule has 1 aromatic carbocycles. The lowest BCUT2D eigenvalue weighted by Crippen LogP contribution is -1.95. The molecule has 0 radical (unpaired) electrons. The first kappa shape index (κ1) is 9.39. The zero-order chi connectivity index (χ0) is 11.0. The first-order chi connectivity index (χ1) is 7.13. The molecular formula is C10H9NO4. The maximum Gasteiger partial charge on any atom is 0.356 e. The van der Waals surface area contributed by atoms with Gasteiger partial charge in [0.25, 0.3) is 0 Å². The summed E-state index contributed by atoms with van der Waals surface area (Å²) in [6.07, 6.45) is 0. The number of aromatic amines is 1. The minimum Gasteiger partial charge on any atom is -0.505 e.